The van der Waals surface area contributed by atoms with Crippen LogP contribution in [0.5, 0.6) is 0 Å². The number of carbonyl (C=O) groups excluding carboxylic acids is 1. The Bertz CT molecular complexity index is 236. The SMILES string of the molecule is CC(=O)C(C)(O)S(=O)(=O)O. The highest BCUT2D eigenvalue weighted by atomic mass is 32.2. The molecule has 0 aliphatic heterocycles. The van der Waals surface area contributed by atoms with Crippen molar-refractivity contribution in [1.82, 2.24) is 0 Å². The van der Waals surface area contributed by atoms with Gasteiger partial charge in [0.1, 0.15) is 0 Å². The van der Waals surface area contributed by atoms with Crippen LogP contribution in [0, 0.1) is 0 Å². The lowest BCUT2D eigenvalue weighted by Crippen LogP contribution is -2.41. The van der Waals surface area contributed by atoms with Crippen molar-refractivity contribution in [3.8, 4) is 0 Å². The molecular formula is C4H8O5S. The summed E-state index contributed by atoms with van der Waals surface area (Å²) >= 11 is 0. The number of ketones is 1. The summed E-state index contributed by atoms with van der Waals surface area (Å²) in [5, 5.41) is 8.74. The molecule has 0 fully saturated rings. The van der Waals surface area contributed by atoms with E-state index in [4.69, 9.17) is 9.66 Å². The molecule has 6 heteroatoms. The van der Waals surface area contributed by atoms with Crippen LogP contribution in [0.2, 0.25) is 0 Å². The number of hydrogen-bond acceptors (Lipinski definition) is 4. The van der Waals surface area contributed by atoms with E-state index in [1.807, 2.05) is 0 Å². The molecule has 0 aliphatic rings. The molecule has 0 aromatic carbocycles. The van der Waals surface area contributed by atoms with Gasteiger partial charge in [-0.05, 0) is 13.8 Å². The second-order valence-electron chi connectivity index (χ2n) is 2.01. The van der Waals surface area contributed by atoms with Crippen LogP contribution in [0.15, 0.2) is 0 Å². The molecule has 0 radical (unpaired) electrons. The molecule has 60 valence electrons. The van der Waals surface area contributed by atoms with Gasteiger partial charge in [0, 0.05) is 0 Å². The molecule has 0 saturated heterocycles. The minimum atomic E-state index is -4.70. The lowest BCUT2D eigenvalue weighted by molar-refractivity contribution is -0.127. The minimum absolute atomic E-state index is 0.713. The van der Waals surface area contributed by atoms with E-state index in [1.165, 1.54) is 0 Å². The molecule has 0 spiro atoms. The molecule has 1 unspecified atom stereocenters. The number of Topliss-reactive ketones (excluding diaryl/α,β-unsaturated/α-hetero) is 1. The van der Waals surface area contributed by atoms with Crippen molar-refractivity contribution >= 4 is 15.9 Å². The third-order valence-electron chi connectivity index (χ3n) is 1.16. The Labute approximate surface area is 58.4 Å². The molecule has 10 heavy (non-hydrogen) atoms. The van der Waals surface area contributed by atoms with E-state index in [9.17, 15) is 13.2 Å². The van der Waals surface area contributed by atoms with Gasteiger partial charge in [0.25, 0.3) is 0 Å². The van der Waals surface area contributed by atoms with E-state index in [2.05, 4.69) is 0 Å². The second-order valence-corrected chi connectivity index (χ2v) is 3.76. The van der Waals surface area contributed by atoms with Crippen molar-refractivity contribution in [2.75, 3.05) is 0 Å². The van der Waals surface area contributed by atoms with E-state index in [-0.39, 0.29) is 0 Å². The van der Waals surface area contributed by atoms with Crippen LogP contribution in [-0.2, 0) is 14.9 Å². The lowest BCUT2D eigenvalue weighted by Gasteiger charge is -2.14. The molecule has 0 saturated carbocycles. The molecule has 0 amide bonds. The molecule has 0 rings (SSSR count). The van der Waals surface area contributed by atoms with Crippen molar-refractivity contribution in [3.05, 3.63) is 0 Å². The van der Waals surface area contributed by atoms with Gasteiger partial charge in [0.05, 0.1) is 0 Å². The fraction of sp³-hybridized carbons (Fsp3) is 0.750. The molecule has 5 nitrogen and oxygen atoms in total. The molecule has 1 atom stereocenters. The Morgan fingerprint density at radius 3 is 1.80 bits per heavy atom. The molecular weight excluding hydrogens is 160 g/mol. The molecule has 0 aromatic heterocycles. The first-order chi connectivity index (χ1) is 4.19. The number of aliphatic hydroxyl groups is 1. The zero-order valence-corrected chi connectivity index (χ0v) is 6.34. The normalized spacial score (nSPS) is 18.0. The van der Waals surface area contributed by atoms with Gasteiger partial charge in [-0.2, -0.15) is 8.42 Å². The quantitative estimate of drug-likeness (QED) is 0.525. The van der Waals surface area contributed by atoms with E-state index < -0.39 is 20.8 Å². The van der Waals surface area contributed by atoms with Gasteiger partial charge < -0.3 is 5.11 Å². The molecule has 0 aliphatic carbocycles. The van der Waals surface area contributed by atoms with Gasteiger partial charge in [-0.3, -0.25) is 9.35 Å². The third-order valence-corrected chi connectivity index (χ3v) is 2.45. The van der Waals surface area contributed by atoms with Crippen molar-refractivity contribution < 1.29 is 22.9 Å². The average molecular weight is 168 g/mol. The first-order valence-electron chi connectivity index (χ1n) is 2.40. The fourth-order valence-corrected chi connectivity index (χ4v) is 0.545. The Morgan fingerprint density at radius 1 is 1.50 bits per heavy atom. The van der Waals surface area contributed by atoms with Crippen molar-refractivity contribution in [2.24, 2.45) is 0 Å². The summed E-state index contributed by atoms with van der Waals surface area (Å²) in [5.41, 5.74) is 0. The molecule has 0 aromatic rings. The summed E-state index contributed by atoms with van der Waals surface area (Å²) in [7, 11) is -4.70. The Balaban J connectivity index is 4.95. The molecule has 2 N–H and O–H groups in total. The zero-order chi connectivity index (χ0) is 8.58. The minimum Gasteiger partial charge on any atom is -0.367 e. The topological polar surface area (TPSA) is 91.7 Å². The van der Waals surface area contributed by atoms with Crippen LogP contribution in [0.25, 0.3) is 0 Å². The number of carbonyl (C=O) groups is 1. The van der Waals surface area contributed by atoms with Gasteiger partial charge >= 0.3 is 10.1 Å². The Morgan fingerprint density at radius 2 is 1.80 bits per heavy atom. The Hall–Kier alpha value is -0.460. The summed E-state index contributed by atoms with van der Waals surface area (Å²) in [5.74, 6) is -1.02. The summed E-state index contributed by atoms with van der Waals surface area (Å²) in [6.07, 6.45) is 0. The summed E-state index contributed by atoms with van der Waals surface area (Å²) < 4.78 is 28.6. The van der Waals surface area contributed by atoms with E-state index >= 15 is 0 Å². The van der Waals surface area contributed by atoms with E-state index in [0.717, 1.165) is 6.92 Å². The van der Waals surface area contributed by atoms with Gasteiger partial charge in [-0.15, -0.1) is 0 Å². The highest BCUT2D eigenvalue weighted by molar-refractivity contribution is 7.87. The van der Waals surface area contributed by atoms with Crippen LogP contribution in [0.3, 0.4) is 0 Å². The summed E-state index contributed by atoms with van der Waals surface area (Å²) in [4.78, 5) is 7.65. The third kappa shape index (κ3) is 1.53. The van der Waals surface area contributed by atoms with Gasteiger partial charge in [-0.1, -0.05) is 0 Å². The summed E-state index contributed by atoms with van der Waals surface area (Å²) in [6, 6.07) is 0. The van der Waals surface area contributed by atoms with E-state index in [0.29, 0.717) is 6.92 Å². The standard InChI is InChI=1S/C4H8O5S/c1-3(5)4(2,6)10(7,8)9/h6H,1-2H3,(H,7,8,9). The Kier molecular flexibility index (Phi) is 2.19. The largest absolute Gasteiger partial charge is 0.367 e. The first kappa shape index (κ1) is 9.54. The summed E-state index contributed by atoms with van der Waals surface area (Å²) in [6.45, 7) is 1.58. The van der Waals surface area contributed by atoms with Crippen LogP contribution in [-0.4, -0.2) is 28.8 Å². The van der Waals surface area contributed by atoms with Crippen molar-refractivity contribution in [2.45, 2.75) is 18.8 Å². The van der Waals surface area contributed by atoms with Crippen molar-refractivity contribution in [1.29, 1.82) is 0 Å². The average Bonchev–Trinajstić information content (AvgIpc) is 1.62. The smallest absolute Gasteiger partial charge is 0.302 e. The second kappa shape index (κ2) is 2.30. The first-order valence-corrected chi connectivity index (χ1v) is 3.84. The van der Waals surface area contributed by atoms with Crippen LogP contribution in [0.4, 0.5) is 0 Å². The maximum Gasteiger partial charge on any atom is 0.302 e. The maximum atomic E-state index is 10.3. The number of hydrogen-bond donors (Lipinski definition) is 2. The van der Waals surface area contributed by atoms with Crippen LogP contribution in [0.1, 0.15) is 13.8 Å². The zero-order valence-electron chi connectivity index (χ0n) is 5.53. The fourth-order valence-electron chi connectivity index (χ4n) is 0.182. The highest BCUT2D eigenvalue weighted by Gasteiger charge is 2.40. The predicted molar refractivity (Wildman–Crippen MR) is 32.9 cm³/mol. The molecule has 0 bridgehead atoms. The molecule has 0 heterocycles. The van der Waals surface area contributed by atoms with Crippen LogP contribution < -0.4 is 0 Å². The highest BCUT2D eigenvalue weighted by Crippen LogP contribution is 2.11. The van der Waals surface area contributed by atoms with Gasteiger partial charge in [0.2, 0.25) is 4.93 Å². The lowest BCUT2D eigenvalue weighted by atomic mass is 10.3. The van der Waals surface area contributed by atoms with Crippen molar-refractivity contribution in [3.63, 3.8) is 0 Å². The monoisotopic (exact) mass is 168 g/mol. The van der Waals surface area contributed by atoms with E-state index in [1.54, 1.807) is 0 Å². The van der Waals surface area contributed by atoms with Gasteiger partial charge in [0.15, 0.2) is 5.78 Å². The number of rotatable bonds is 2. The van der Waals surface area contributed by atoms with Gasteiger partial charge in [-0.25, -0.2) is 0 Å². The maximum absolute atomic E-state index is 10.3. The van der Waals surface area contributed by atoms with Crippen LogP contribution >= 0.6 is 0 Å². The predicted octanol–water partition coefficient (Wildman–Crippen LogP) is -0.828.